The Morgan fingerprint density at radius 2 is 1.95 bits per heavy atom. The molecule has 102 valence electrons. The molecule has 2 aromatic rings. The molecule has 1 aromatic carbocycles. The Bertz CT molecular complexity index is 582. The predicted molar refractivity (Wildman–Crippen MR) is 84.5 cm³/mol. The van der Waals surface area contributed by atoms with Crippen LogP contribution in [0, 0.1) is 0 Å². The molecule has 0 amide bonds. The van der Waals surface area contributed by atoms with Gasteiger partial charge in [0.1, 0.15) is 5.82 Å². The van der Waals surface area contributed by atoms with Crippen LogP contribution < -0.4 is 5.32 Å². The lowest BCUT2D eigenvalue weighted by atomic mass is 10.1. The third-order valence-corrected chi connectivity index (χ3v) is 3.81. The van der Waals surface area contributed by atoms with E-state index in [0.29, 0.717) is 10.0 Å². The first-order valence-electron chi connectivity index (χ1n) is 6.68. The Hall–Kier alpha value is -0.990. The topological polar surface area (TPSA) is 24.9 Å². The zero-order valence-corrected chi connectivity index (χ0v) is 12.8. The number of hydrogen-bond donors (Lipinski definition) is 1. The van der Waals surface area contributed by atoms with E-state index in [0.717, 1.165) is 42.5 Å². The summed E-state index contributed by atoms with van der Waals surface area (Å²) in [5.41, 5.74) is 2.01. The first-order valence-corrected chi connectivity index (χ1v) is 7.44. The van der Waals surface area contributed by atoms with Gasteiger partial charge in [0, 0.05) is 11.9 Å². The monoisotopic (exact) mass is 296 g/mol. The highest BCUT2D eigenvalue weighted by atomic mass is 35.5. The molecule has 0 fully saturated rings. The van der Waals surface area contributed by atoms with Crippen molar-refractivity contribution in [1.82, 2.24) is 4.98 Å². The van der Waals surface area contributed by atoms with E-state index in [2.05, 4.69) is 30.2 Å². The van der Waals surface area contributed by atoms with Crippen LogP contribution in [0.3, 0.4) is 0 Å². The highest BCUT2D eigenvalue weighted by Gasteiger charge is 2.10. The predicted octanol–water partition coefficient (Wildman–Crippen LogP) is 5.32. The van der Waals surface area contributed by atoms with E-state index in [1.165, 1.54) is 5.56 Å². The maximum absolute atomic E-state index is 6.24. The van der Waals surface area contributed by atoms with Crippen molar-refractivity contribution in [1.29, 1.82) is 0 Å². The Kier molecular flexibility index (Phi) is 4.89. The number of halogens is 2. The molecule has 0 saturated carbocycles. The lowest BCUT2D eigenvalue weighted by Gasteiger charge is -2.12. The SMILES string of the molecule is CCCNc1nc2c(Cl)c(Cl)ccc2cc1CCC. The third-order valence-electron chi connectivity index (χ3n) is 3.02. The number of rotatable bonds is 5. The minimum Gasteiger partial charge on any atom is -0.370 e. The molecule has 0 aliphatic rings. The highest BCUT2D eigenvalue weighted by molar-refractivity contribution is 6.45. The Morgan fingerprint density at radius 1 is 1.16 bits per heavy atom. The van der Waals surface area contributed by atoms with E-state index in [4.69, 9.17) is 23.2 Å². The molecule has 0 atom stereocenters. The van der Waals surface area contributed by atoms with Crippen LogP contribution in [0.1, 0.15) is 32.3 Å². The number of aryl methyl sites for hydroxylation is 1. The zero-order valence-electron chi connectivity index (χ0n) is 11.3. The number of anilines is 1. The minimum atomic E-state index is 0.529. The average Bonchev–Trinajstić information content (AvgIpc) is 2.41. The molecule has 0 aliphatic carbocycles. The van der Waals surface area contributed by atoms with Crippen LogP contribution in [-0.2, 0) is 6.42 Å². The standard InChI is InChI=1S/C15H18Cl2N2/c1-3-5-11-9-10-6-7-12(16)13(17)14(10)19-15(11)18-8-4-2/h6-7,9H,3-5,8H2,1-2H3,(H,18,19). The Morgan fingerprint density at radius 3 is 2.63 bits per heavy atom. The molecule has 1 heterocycles. The van der Waals surface area contributed by atoms with E-state index in [1.807, 2.05) is 12.1 Å². The van der Waals surface area contributed by atoms with Crippen LogP contribution >= 0.6 is 23.2 Å². The summed E-state index contributed by atoms with van der Waals surface area (Å²) in [6.07, 6.45) is 3.17. The van der Waals surface area contributed by atoms with Crippen molar-refractivity contribution in [3.63, 3.8) is 0 Å². The third kappa shape index (κ3) is 3.13. The van der Waals surface area contributed by atoms with Crippen molar-refractivity contribution in [3.05, 3.63) is 33.8 Å². The number of benzene rings is 1. The fraction of sp³-hybridized carbons (Fsp3) is 0.400. The molecule has 2 nitrogen and oxygen atoms in total. The molecule has 0 bridgehead atoms. The molecule has 0 radical (unpaired) electrons. The summed E-state index contributed by atoms with van der Waals surface area (Å²) >= 11 is 12.3. The van der Waals surface area contributed by atoms with E-state index < -0.39 is 0 Å². The van der Waals surface area contributed by atoms with Gasteiger partial charge in [0.05, 0.1) is 15.6 Å². The van der Waals surface area contributed by atoms with Gasteiger partial charge in [-0.05, 0) is 30.5 Å². The second-order valence-electron chi connectivity index (χ2n) is 4.61. The number of aromatic nitrogens is 1. The smallest absolute Gasteiger partial charge is 0.129 e. The van der Waals surface area contributed by atoms with Gasteiger partial charge in [-0.2, -0.15) is 0 Å². The first kappa shape index (κ1) is 14.4. The van der Waals surface area contributed by atoms with Gasteiger partial charge in [-0.1, -0.05) is 49.5 Å². The maximum atomic E-state index is 6.24. The summed E-state index contributed by atoms with van der Waals surface area (Å²) in [5.74, 6) is 0.931. The van der Waals surface area contributed by atoms with Crippen LogP contribution in [0.4, 0.5) is 5.82 Å². The summed E-state index contributed by atoms with van der Waals surface area (Å²) in [6, 6.07) is 5.95. The van der Waals surface area contributed by atoms with Crippen LogP contribution in [0.25, 0.3) is 10.9 Å². The van der Waals surface area contributed by atoms with Gasteiger partial charge in [-0.25, -0.2) is 4.98 Å². The number of hydrogen-bond acceptors (Lipinski definition) is 2. The van der Waals surface area contributed by atoms with Crippen LogP contribution in [-0.4, -0.2) is 11.5 Å². The summed E-state index contributed by atoms with van der Waals surface area (Å²) in [4.78, 5) is 4.66. The van der Waals surface area contributed by atoms with Crippen molar-refractivity contribution in [2.75, 3.05) is 11.9 Å². The quantitative estimate of drug-likeness (QED) is 0.808. The normalized spacial score (nSPS) is 10.9. The van der Waals surface area contributed by atoms with Gasteiger partial charge in [0.15, 0.2) is 0 Å². The van der Waals surface area contributed by atoms with Crippen molar-refractivity contribution in [2.45, 2.75) is 33.1 Å². The highest BCUT2D eigenvalue weighted by Crippen LogP contribution is 2.32. The molecule has 4 heteroatoms. The number of pyridine rings is 1. The molecule has 0 spiro atoms. The van der Waals surface area contributed by atoms with Gasteiger partial charge in [0.2, 0.25) is 0 Å². The molecule has 2 rings (SSSR count). The van der Waals surface area contributed by atoms with Gasteiger partial charge in [-0.3, -0.25) is 0 Å². The summed E-state index contributed by atoms with van der Waals surface area (Å²) in [7, 11) is 0. The molecule has 1 aromatic heterocycles. The molecule has 19 heavy (non-hydrogen) atoms. The van der Waals surface area contributed by atoms with Crippen molar-refractivity contribution < 1.29 is 0 Å². The molecular weight excluding hydrogens is 279 g/mol. The lowest BCUT2D eigenvalue weighted by molar-refractivity contribution is 0.906. The van der Waals surface area contributed by atoms with E-state index in [9.17, 15) is 0 Å². The fourth-order valence-corrected chi connectivity index (χ4v) is 2.45. The van der Waals surface area contributed by atoms with Gasteiger partial charge >= 0.3 is 0 Å². The van der Waals surface area contributed by atoms with Crippen LogP contribution in [0.5, 0.6) is 0 Å². The van der Waals surface area contributed by atoms with E-state index >= 15 is 0 Å². The van der Waals surface area contributed by atoms with Crippen LogP contribution in [0.15, 0.2) is 18.2 Å². The Labute approximate surface area is 124 Å². The zero-order chi connectivity index (χ0) is 13.8. The largest absolute Gasteiger partial charge is 0.370 e. The maximum Gasteiger partial charge on any atom is 0.129 e. The fourth-order valence-electron chi connectivity index (χ4n) is 2.08. The van der Waals surface area contributed by atoms with Crippen molar-refractivity contribution in [2.24, 2.45) is 0 Å². The lowest BCUT2D eigenvalue weighted by Crippen LogP contribution is -2.06. The summed E-state index contributed by atoms with van der Waals surface area (Å²) in [6.45, 7) is 5.22. The molecule has 0 unspecified atom stereocenters. The van der Waals surface area contributed by atoms with Gasteiger partial charge in [0.25, 0.3) is 0 Å². The van der Waals surface area contributed by atoms with Gasteiger partial charge < -0.3 is 5.32 Å². The van der Waals surface area contributed by atoms with Crippen molar-refractivity contribution in [3.8, 4) is 0 Å². The number of fused-ring (bicyclic) bond motifs is 1. The Balaban J connectivity index is 2.55. The second-order valence-corrected chi connectivity index (χ2v) is 5.39. The number of nitrogens with zero attached hydrogens (tertiary/aromatic N) is 1. The second kappa shape index (κ2) is 6.44. The molecular formula is C15H18Cl2N2. The van der Waals surface area contributed by atoms with Crippen molar-refractivity contribution >= 4 is 39.9 Å². The van der Waals surface area contributed by atoms with Crippen LogP contribution in [0.2, 0.25) is 10.0 Å². The molecule has 0 aliphatic heterocycles. The molecule has 0 saturated heterocycles. The summed E-state index contributed by atoms with van der Waals surface area (Å²) in [5, 5.41) is 5.49. The van der Waals surface area contributed by atoms with E-state index in [-0.39, 0.29) is 0 Å². The average molecular weight is 297 g/mol. The van der Waals surface area contributed by atoms with E-state index in [1.54, 1.807) is 0 Å². The first-order chi connectivity index (χ1) is 9.17. The number of nitrogens with one attached hydrogen (secondary N) is 1. The molecule has 1 N–H and O–H groups in total. The van der Waals surface area contributed by atoms with Gasteiger partial charge in [-0.15, -0.1) is 0 Å². The minimum absolute atomic E-state index is 0.529. The summed E-state index contributed by atoms with van der Waals surface area (Å²) < 4.78 is 0.